The first-order valence-electron chi connectivity index (χ1n) is 7.98. The van der Waals surface area contributed by atoms with Crippen LogP contribution in [0.3, 0.4) is 0 Å². The van der Waals surface area contributed by atoms with E-state index in [-0.39, 0.29) is 10.9 Å². The highest BCUT2D eigenvalue weighted by atomic mass is 127. The van der Waals surface area contributed by atoms with Gasteiger partial charge < -0.3 is 5.32 Å². The molecule has 0 radical (unpaired) electrons. The van der Waals surface area contributed by atoms with Gasteiger partial charge >= 0.3 is 0 Å². The van der Waals surface area contributed by atoms with Crippen molar-refractivity contribution >= 4 is 32.4 Å². The van der Waals surface area contributed by atoms with E-state index in [0.717, 1.165) is 27.5 Å². The second-order valence-corrected chi connectivity index (χ2v) is 9.90. The number of halogens is 2. The molecular formula is C18H17FINO2S. The number of fused-ring (bicyclic) bond motifs is 3. The third kappa shape index (κ3) is 2.26. The zero-order valence-electron chi connectivity index (χ0n) is 12.9. The van der Waals surface area contributed by atoms with Crippen LogP contribution in [0.5, 0.6) is 0 Å². The first kappa shape index (κ1) is 16.5. The molecule has 2 aliphatic rings. The number of rotatable bonds is 2. The van der Waals surface area contributed by atoms with Gasteiger partial charge in [-0.05, 0) is 95.9 Å². The average molecular weight is 457 g/mol. The summed E-state index contributed by atoms with van der Waals surface area (Å²) in [5, 5.41) is 3.39. The van der Waals surface area contributed by atoms with Crippen LogP contribution in [0.25, 0.3) is 0 Å². The number of sulfone groups is 1. The highest BCUT2D eigenvalue weighted by molar-refractivity contribution is 14.1. The molecule has 0 spiro atoms. The van der Waals surface area contributed by atoms with Crippen LogP contribution in [0.1, 0.15) is 24.0 Å². The summed E-state index contributed by atoms with van der Waals surface area (Å²) in [6.45, 7) is 0.677. The Labute approximate surface area is 154 Å². The molecule has 2 atom stereocenters. The Kier molecular flexibility index (Phi) is 3.97. The summed E-state index contributed by atoms with van der Waals surface area (Å²) in [5.74, 6) is -0.425. The van der Waals surface area contributed by atoms with Crippen molar-refractivity contribution in [2.45, 2.75) is 34.9 Å². The fraction of sp³-hybridized carbons (Fsp3) is 0.333. The number of aryl methyl sites for hydroxylation is 1. The summed E-state index contributed by atoms with van der Waals surface area (Å²) in [5.41, 5.74) is 2.03. The molecule has 2 unspecified atom stereocenters. The first-order chi connectivity index (χ1) is 11.4. The van der Waals surface area contributed by atoms with E-state index in [9.17, 15) is 12.8 Å². The van der Waals surface area contributed by atoms with Crippen molar-refractivity contribution in [2.24, 2.45) is 0 Å². The van der Waals surface area contributed by atoms with Crippen molar-refractivity contribution in [1.29, 1.82) is 0 Å². The molecule has 4 rings (SSSR count). The van der Waals surface area contributed by atoms with Crippen LogP contribution < -0.4 is 5.32 Å². The van der Waals surface area contributed by atoms with Crippen LogP contribution >= 0.6 is 22.6 Å². The van der Waals surface area contributed by atoms with Gasteiger partial charge in [-0.1, -0.05) is 6.07 Å². The molecule has 126 valence electrons. The highest BCUT2D eigenvalue weighted by Crippen LogP contribution is 2.49. The summed E-state index contributed by atoms with van der Waals surface area (Å²) in [7, 11) is -3.64. The van der Waals surface area contributed by atoms with Crippen LogP contribution in [0.15, 0.2) is 47.4 Å². The van der Waals surface area contributed by atoms with Crippen molar-refractivity contribution in [1.82, 2.24) is 5.32 Å². The minimum Gasteiger partial charge on any atom is -0.312 e. The predicted octanol–water partition coefficient (Wildman–Crippen LogP) is 3.41. The Morgan fingerprint density at radius 1 is 1.17 bits per heavy atom. The Morgan fingerprint density at radius 2 is 1.92 bits per heavy atom. The molecule has 0 amide bonds. The van der Waals surface area contributed by atoms with E-state index in [1.807, 2.05) is 12.1 Å². The lowest BCUT2D eigenvalue weighted by Gasteiger charge is -2.40. The molecule has 1 heterocycles. The Balaban J connectivity index is 1.96. The van der Waals surface area contributed by atoms with Crippen LogP contribution in [0, 0.1) is 9.39 Å². The van der Waals surface area contributed by atoms with Gasteiger partial charge in [0.25, 0.3) is 0 Å². The average Bonchev–Trinajstić information content (AvgIpc) is 3.00. The van der Waals surface area contributed by atoms with E-state index in [4.69, 9.17) is 0 Å². The smallest absolute Gasteiger partial charge is 0.189 e. The topological polar surface area (TPSA) is 46.2 Å². The number of nitrogens with one attached hydrogen (secondary N) is 1. The maximum absolute atomic E-state index is 13.6. The highest BCUT2D eigenvalue weighted by Gasteiger charge is 2.56. The number of benzene rings is 2. The molecule has 6 heteroatoms. The summed E-state index contributed by atoms with van der Waals surface area (Å²) < 4.78 is 40.6. The quantitative estimate of drug-likeness (QED) is 0.556. The summed E-state index contributed by atoms with van der Waals surface area (Å²) in [4.78, 5) is 0.198. The molecule has 1 aliphatic heterocycles. The Hall–Kier alpha value is -0.990. The van der Waals surface area contributed by atoms with Crippen molar-refractivity contribution < 1.29 is 12.8 Å². The van der Waals surface area contributed by atoms with Gasteiger partial charge in [-0.25, -0.2) is 12.8 Å². The van der Waals surface area contributed by atoms with E-state index in [1.54, 1.807) is 0 Å². The largest absolute Gasteiger partial charge is 0.312 e. The summed E-state index contributed by atoms with van der Waals surface area (Å²) in [6.07, 6.45) is 2.23. The lowest BCUT2D eigenvalue weighted by Crippen LogP contribution is -2.49. The number of hydrogen-bond acceptors (Lipinski definition) is 3. The standard InChI is InChI=1S/C18H17FINO2S/c19-13-2-5-15(6-3-13)24(22,23)18-9-10-21-17(18)8-1-12-11-14(20)4-7-16(12)18/h2-7,11,17,21H,1,8-10H2. The molecule has 0 aromatic heterocycles. The van der Waals surface area contributed by atoms with E-state index in [0.29, 0.717) is 13.0 Å². The molecule has 2 aromatic carbocycles. The fourth-order valence-electron chi connectivity index (χ4n) is 4.20. The molecular weight excluding hydrogens is 440 g/mol. The zero-order chi connectivity index (χ0) is 16.9. The van der Waals surface area contributed by atoms with Gasteiger partial charge in [0, 0.05) is 9.61 Å². The summed E-state index contributed by atoms with van der Waals surface area (Å²) >= 11 is 2.26. The lowest BCUT2D eigenvalue weighted by atomic mass is 9.79. The molecule has 3 nitrogen and oxygen atoms in total. The van der Waals surface area contributed by atoms with Crippen molar-refractivity contribution in [2.75, 3.05) is 6.54 Å². The van der Waals surface area contributed by atoms with Gasteiger partial charge in [0.2, 0.25) is 0 Å². The maximum Gasteiger partial charge on any atom is 0.189 e. The second-order valence-electron chi connectivity index (χ2n) is 6.44. The predicted molar refractivity (Wildman–Crippen MR) is 99.2 cm³/mol. The van der Waals surface area contributed by atoms with Crippen molar-refractivity contribution in [3.8, 4) is 0 Å². The zero-order valence-corrected chi connectivity index (χ0v) is 15.9. The Morgan fingerprint density at radius 3 is 2.67 bits per heavy atom. The Bertz CT molecular complexity index is 898. The van der Waals surface area contributed by atoms with Crippen molar-refractivity contribution in [3.05, 3.63) is 63.0 Å². The summed E-state index contributed by atoms with van der Waals surface area (Å²) in [6, 6.07) is 11.1. The normalized spacial score (nSPS) is 26.0. The van der Waals surface area contributed by atoms with Gasteiger partial charge in [-0.3, -0.25) is 0 Å². The van der Waals surface area contributed by atoms with Gasteiger partial charge in [0.15, 0.2) is 9.84 Å². The lowest BCUT2D eigenvalue weighted by molar-refractivity contribution is 0.416. The monoisotopic (exact) mass is 457 g/mol. The van der Waals surface area contributed by atoms with Crippen molar-refractivity contribution in [3.63, 3.8) is 0 Å². The van der Waals surface area contributed by atoms with E-state index in [1.165, 1.54) is 24.3 Å². The third-order valence-electron chi connectivity index (χ3n) is 5.28. The van der Waals surface area contributed by atoms with Crippen LogP contribution in [-0.2, 0) is 21.0 Å². The van der Waals surface area contributed by atoms with Gasteiger partial charge in [0.1, 0.15) is 10.6 Å². The SMILES string of the molecule is O=S(=O)(c1ccc(F)cc1)C12CCNC1CCc1cc(I)ccc12. The minimum absolute atomic E-state index is 0.0971. The van der Waals surface area contributed by atoms with Gasteiger partial charge in [0.05, 0.1) is 4.90 Å². The minimum atomic E-state index is -3.64. The second kappa shape index (κ2) is 5.78. The molecule has 0 saturated carbocycles. The molecule has 2 aromatic rings. The van der Waals surface area contributed by atoms with E-state index in [2.05, 4.69) is 34.0 Å². The third-order valence-corrected chi connectivity index (χ3v) is 8.51. The van der Waals surface area contributed by atoms with Crippen LogP contribution in [-0.4, -0.2) is 21.0 Å². The molecule has 24 heavy (non-hydrogen) atoms. The van der Waals surface area contributed by atoms with Gasteiger partial charge in [-0.15, -0.1) is 0 Å². The fourth-order valence-corrected chi connectivity index (χ4v) is 7.11. The molecule has 1 N–H and O–H groups in total. The van der Waals surface area contributed by atoms with E-state index < -0.39 is 20.4 Å². The molecule has 1 aliphatic carbocycles. The molecule has 1 fully saturated rings. The van der Waals surface area contributed by atoms with Crippen LogP contribution in [0.2, 0.25) is 0 Å². The maximum atomic E-state index is 13.6. The molecule has 0 bridgehead atoms. The van der Waals surface area contributed by atoms with Crippen LogP contribution in [0.4, 0.5) is 4.39 Å². The first-order valence-corrected chi connectivity index (χ1v) is 10.5. The van der Waals surface area contributed by atoms with Gasteiger partial charge in [-0.2, -0.15) is 0 Å². The number of hydrogen-bond donors (Lipinski definition) is 1. The van der Waals surface area contributed by atoms with E-state index >= 15 is 0 Å². The molecule has 1 saturated heterocycles.